The van der Waals surface area contributed by atoms with E-state index in [4.69, 9.17) is 0 Å². The van der Waals surface area contributed by atoms with Crippen molar-refractivity contribution in [1.82, 2.24) is 19.5 Å². The van der Waals surface area contributed by atoms with Crippen molar-refractivity contribution < 1.29 is 0 Å². The molecule has 2 aromatic heterocycles. The molecular weight excluding hydrogens is 288 g/mol. The predicted molar refractivity (Wildman–Crippen MR) is 83.9 cm³/mol. The molecule has 0 amide bonds. The number of hydrogen-bond acceptors (Lipinski definition) is 4. The van der Waals surface area contributed by atoms with E-state index >= 15 is 0 Å². The zero-order valence-electron chi connectivity index (χ0n) is 11.6. The van der Waals surface area contributed by atoms with Crippen LogP contribution in [0.15, 0.2) is 38.8 Å². The molecule has 0 atom stereocenters. The molecule has 0 aliphatic carbocycles. The van der Waals surface area contributed by atoms with Crippen LogP contribution in [0.3, 0.4) is 0 Å². The van der Waals surface area contributed by atoms with Gasteiger partial charge in [0.25, 0.3) is 5.56 Å². The maximum Gasteiger partial charge on any atom is 0.330 e. The number of aromatic amines is 2. The van der Waals surface area contributed by atoms with Gasteiger partial charge in [0, 0.05) is 17.0 Å². The Hall–Kier alpha value is -2.28. The molecule has 21 heavy (non-hydrogen) atoms. The van der Waals surface area contributed by atoms with Crippen molar-refractivity contribution in [3.05, 3.63) is 45.1 Å². The first-order valence-electron chi connectivity index (χ1n) is 6.51. The van der Waals surface area contributed by atoms with E-state index in [2.05, 4.69) is 15.0 Å². The van der Waals surface area contributed by atoms with Gasteiger partial charge in [0.15, 0.2) is 5.65 Å². The minimum atomic E-state index is -0.445. The number of hydrogen-bond donors (Lipinski definition) is 2. The molecule has 3 aromatic rings. The van der Waals surface area contributed by atoms with E-state index in [9.17, 15) is 9.59 Å². The lowest BCUT2D eigenvalue weighted by Gasteiger charge is -2.00. The van der Waals surface area contributed by atoms with Gasteiger partial charge in [-0.05, 0) is 25.3 Å². The first kappa shape index (κ1) is 13.7. The molecular formula is C14H14N4O2S. The SMILES string of the molecule is CCn1c(=O)[nH]c(=O)c2[nH]c(-c3ccc(SC)cc3)nc21. The van der Waals surface area contributed by atoms with E-state index in [-0.39, 0.29) is 0 Å². The van der Waals surface area contributed by atoms with Gasteiger partial charge in [-0.25, -0.2) is 9.78 Å². The zero-order chi connectivity index (χ0) is 15.0. The van der Waals surface area contributed by atoms with E-state index in [0.717, 1.165) is 10.5 Å². The van der Waals surface area contributed by atoms with Crippen LogP contribution in [0, 0.1) is 0 Å². The van der Waals surface area contributed by atoms with Gasteiger partial charge >= 0.3 is 5.69 Å². The third-order valence-electron chi connectivity index (χ3n) is 3.31. The third kappa shape index (κ3) is 2.29. The van der Waals surface area contributed by atoms with E-state index in [1.807, 2.05) is 37.4 Å². The Morgan fingerprint density at radius 2 is 1.90 bits per heavy atom. The Labute approximate surface area is 124 Å². The first-order chi connectivity index (χ1) is 10.1. The van der Waals surface area contributed by atoms with Gasteiger partial charge in [0.2, 0.25) is 0 Å². The molecule has 2 N–H and O–H groups in total. The lowest BCUT2D eigenvalue weighted by atomic mass is 10.2. The van der Waals surface area contributed by atoms with E-state index in [1.165, 1.54) is 4.57 Å². The van der Waals surface area contributed by atoms with Crippen molar-refractivity contribution in [1.29, 1.82) is 0 Å². The topological polar surface area (TPSA) is 83.5 Å². The summed E-state index contributed by atoms with van der Waals surface area (Å²) >= 11 is 1.66. The highest BCUT2D eigenvalue weighted by molar-refractivity contribution is 7.98. The number of imidazole rings is 1. The lowest BCUT2D eigenvalue weighted by Crippen LogP contribution is -2.29. The van der Waals surface area contributed by atoms with Gasteiger partial charge in [-0.3, -0.25) is 14.3 Å². The number of fused-ring (bicyclic) bond motifs is 1. The molecule has 2 heterocycles. The summed E-state index contributed by atoms with van der Waals surface area (Å²) in [6.45, 7) is 2.28. The molecule has 0 aliphatic rings. The maximum absolute atomic E-state index is 11.9. The molecule has 108 valence electrons. The average Bonchev–Trinajstić information content (AvgIpc) is 2.93. The summed E-state index contributed by atoms with van der Waals surface area (Å²) < 4.78 is 1.44. The number of rotatable bonds is 3. The molecule has 0 fully saturated rings. The molecule has 0 saturated heterocycles. The van der Waals surface area contributed by atoms with Crippen molar-refractivity contribution in [3.63, 3.8) is 0 Å². The predicted octanol–water partition coefficient (Wildman–Crippen LogP) is 1.82. The monoisotopic (exact) mass is 302 g/mol. The van der Waals surface area contributed by atoms with Crippen LogP contribution in [0.1, 0.15) is 6.92 Å². The highest BCUT2D eigenvalue weighted by Gasteiger charge is 2.12. The minimum Gasteiger partial charge on any atom is -0.332 e. The fourth-order valence-corrected chi connectivity index (χ4v) is 2.63. The molecule has 1 aromatic carbocycles. The van der Waals surface area contributed by atoms with Crippen molar-refractivity contribution >= 4 is 22.9 Å². The number of nitrogens with one attached hydrogen (secondary N) is 2. The van der Waals surface area contributed by atoms with Crippen molar-refractivity contribution in [3.8, 4) is 11.4 Å². The van der Waals surface area contributed by atoms with Crippen molar-refractivity contribution in [2.75, 3.05) is 6.26 Å². The summed E-state index contributed by atoms with van der Waals surface area (Å²) in [4.78, 5) is 34.5. The van der Waals surface area contributed by atoms with Gasteiger partial charge in [-0.2, -0.15) is 0 Å². The Morgan fingerprint density at radius 1 is 1.19 bits per heavy atom. The Kier molecular flexibility index (Phi) is 3.42. The molecule has 0 spiro atoms. The van der Waals surface area contributed by atoms with Crippen molar-refractivity contribution in [2.24, 2.45) is 0 Å². The van der Waals surface area contributed by atoms with Crippen LogP contribution in [-0.4, -0.2) is 25.8 Å². The molecule has 0 radical (unpaired) electrons. The minimum absolute atomic E-state index is 0.320. The van der Waals surface area contributed by atoms with E-state index in [0.29, 0.717) is 23.5 Å². The maximum atomic E-state index is 11.9. The number of benzene rings is 1. The van der Waals surface area contributed by atoms with Gasteiger partial charge in [-0.1, -0.05) is 12.1 Å². The average molecular weight is 302 g/mol. The zero-order valence-corrected chi connectivity index (χ0v) is 12.5. The largest absolute Gasteiger partial charge is 0.332 e. The molecule has 7 heteroatoms. The van der Waals surface area contributed by atoms with Crippen molar-refractivity contribution in [2.45, 2.75) is 18.4 Å². The fourth-order valence-electron chi connectivity index (χ4n) is 2.22. The molecule has 0 bridgehead atoms. The van der Waals surface area contributed by atoms with Gasteiger partial charge in [0.05, 0.1) is 0 Å². The Morgan fingerprint density at radius 3 is 2.52 bits per heavy atom. The summed E-state index contributed by atoms with van der Waals surface area (Å²) in [5.74, 6) is 0.580. The van der Waals surface area contributed by atoms with Crippen LogP contribution in [0.2, 0.25) is 0 Å². The van der Waals surface area contributed by atoms with Crippen LogP contribution >= 0.6 is 11.8 Å². The van der Waals surface area contributed by atoms with Crippen LogP contribution in [-0.2, 0) is 6.54 Å². The molecule has 0 unspecified atom stereocenters. The number of aromatic nitrogens is 4. The smallest absolute Gasteiger partial charge is 0.330 e. The van der Waals surface area contributed by atoms with E-state index < -0.39 is 11.2 Å². The highest BCUT2D eigenvalue weighted by atomic mass is 32.2. The number of aryl methyl sites for hydroxylation is 1. The number of H-pyrrole nitrogens is 2. The molecule has 0 saturated carbocycles. The summed E-state index contributed by atoms with van der Waals surface area (Å²) in [6.07, 6.45) is 2.01. The second-order valence-electron chi connectivity index (χ2n) is 4.52. The standard InChI is InChI=1S/C14H14N4O2S/c1-3-18-12-10(13(19)17-14(18)20)15-11(16-12)8-4-6-9(21-2)7-5-8/h4-7H,3H2,1-2H3,(H,15,16)(H,17,19,20). The van der Waals surface area contributed by atoms with Crippen LogP contribution in [0.5, 0.6) is 0 Å². The molecule has 3 rings (SSSR count). The second-order valence-corrected chi connectivity index (χ2v) is 5.40. The summed E-state index contributed by atoms with van der Waals surface area (Å²) in [5, 5.41) is 0. The first-order valence-corrected chi connectivity index (χ1v) is 7.73. The Balaban J connectivity index is 2.23. The van der Waals surface area contributed by atoms with Gasteiger partial charge in [0.1, 0.15) is 11.3 Å². The van der Waals surface area contributed by atoms with E-state index in [1.54, 1.807) is 11.8 Å². The highest BCUT2D eigenvalue weighted by Crippen LogP contribution is 2.22. The summed E-state index contributed by atoms with van der Waals surface area (Å²) in [7, 11) is 0. The second kappa shape index (κ2) is 5.25. The molecule has 6 nitrogen and oxygen atoms in total. The van der Waals surface area contributed by atoms with Gasteiger partial charge in [-0.15, -0.1) is 11.8 Å². The number of nitrogens with zero attached hydrogens (tertiary/aromatic N) is 2. The lowest BCUT2D eigenvalue weighted by molar-refractivity contribution is 0.720. The van der Waals surface area contributed by atoms with Crippen LogP contribution in [0.25, 0.3) is 22.6 Å². The van der Waals surface area contributed by atoms with Crippen LogP contribution in [0.4, 0.5) is 0 Å². The quantitative estimate of drug-likeness (QED) is 0.723. The van der Waals surface area contributed by atoms with Gasteiger partial charge < -0.3 is 4.98 Å². The summed E-state index contributed by atoms with van der Waals surface area (Å²) in [5.41, 5.74) is 0.694. The fraction of sp³-hybridized carbons (Fsp3) is 0.214. The Bertz CT molecular complexity index is 905. The normalized spacial score (nSPS) is 11.1. The number of thioether (sulfide) groups is 1. The third-order valence-corrected chi connectivity index (χ3v) is 4.06. The molecule has 0 aliphatic heterocycles. The van der Waals surface area contributed by atoms with Crippen LogP contribution < -0.4 is 11.2 Å². The summed E-state index contributed by atoms with van der Waals surface area (Å²) in [6, 6.07) is 7.85.